The van der Waals surface area contributed by atoms with Gasteiger partial charge >= 0.3 is 5.97 Å². The van der Waals surface area contributed by atoms with Gasteiger partial charge in [-0.25, -0.2) is 9.48 Å². The van der Waals surface area contributed by atoms with Gasteiger partial charge in [0.25, 0.3) is 5.56 Å². The maximum atomic E-state index is 12.1. The number of carbonyl (C=O) groups is 1. The second-order valence-electron chi connectivity index (χ2n) is 5.22. The van der Waals surface area contributed by atoms with E-state index in [-0.39, 0.29) is 22.9 Å². The molecule has 0 aliphatic rings. The molecule has 3 N–H and O–H groups in total. The summed E-state index contributed by atoms with van der Waals surface area (Å²) in [6.45, 7) is 0.130. The molecule has 3 aromatic rings. The summed E-state index contributed by atoms with van der Waals surface area (Å²) in [5.41, 5.74) is 0.324. The molecule has 0 aliphatic heterocycles. The van der Waals surface area contributed by atoms with Crippen LogP contribution < -0.4 is 5.56 Å². The summed E-state index contributed by atoms with van der Waals surface area (Å²) >= 11 is 7.15. The SMILES string of the molecule is O=C(O)c1cccc(Cn2[nH]c(=O)c(Sc3ccccc3Cl)c2O)c1. The number of benzene rings is 2. The van der Waals surface area contributed by atoms with Crippen molar-refractivity contribution >= 4 is 29.3 Å². The predicted molar refractivity (Wildman–Crippen MR) is 94.8 cm³/mol. The minimum atomic E-state index is -1.04. The van der Waals surface area contributed by atoms with Crippen LogP contribution in [0.1, 0.15) is 15.9 Å². The number of aromatic amines is 1. The van der Waals surface area contributed by atoms with Crippen LogP contribution in [-0.2, 0) is 6.54 Å². The Morgan fingerprint density at radius 2 is 1.96 bits per heavy atom. The van der Waals surface area contributed by atoms with Crippen molar-refractivity contribution in [2.45, 2.75) is 16.3 Å². The quantitative estimate of drug-likeness (QED) is 0.634. The molecule has 2 aromatic carbocycles. The summed E-state index contributed by atoms with van der Waals surface area (Å²) in [5.74, 6) is -1.27. The first-order valence-corrected chi connectivity index (χ1v) is 8.41. The van der Waals surface area contributed by atoms with Crippen molar-refractivity contribution in [3.05, 3.63) is 75.0 Å². The van der Waals surface area contributed by atoms with Crippen LogP contribution in [-0.4, -0.2) is 26.0 Å². The fourth-order valence-electron chi connectivity index (χ4n) is 2.28. The van der Waals surface area contributed by atoms with E-state index in [1.54, 1.807) is 36.4 Å². The number of carboxylic acids is 1. The molecule has 1 heterocycles. The lowest BCUT2D eigenvalue weighted by Crippen LogP contribution is -2.08. The molecule has 1 aromatic heterocycles. The number of carboxylic acid groups (broad SMARTS) is 1. The van der Waals surface area contributed by atoms with Gasteiger partial charge in [0.05, 0.1) is 17.1 Å². The minimum Gasteiger partial charge on any atom is -0.493 e. The molecule has 0 atom stereocenters. The predicted octanol–water partition coefficient (Wildman–Crippen LogP) is 3.43. The van der Waals surface area contributed by atoms with Crippen molar-refractivity contribution in [2.24, 2.45) is 0 Å². The van der Waals surface area contributed by atoms with Gasteiger partial charge in [-0.2, -0.15) is 0 Å². The van der Waals surface area contributed by atoms with E-state index in [1.165, 1.54) is 16.8 Å². The Morgan fingerprint density at radius 3 is 2.68 bits per heavy atom. The Balaban J connectivity index is 1.90. The molecule has 0 fully saturated rings. The molecular weight excluding hydrogens is 364 g/mol. The van der Waals surface area contributed by atoms with Gasteiger partial charge in [-0.05, 0) is 29.8 Å². The highest BCUT2D eigenvalue weighted by Crippen LogP contribution is 2.35. The van der Waals surface area contributed by atoms with Crippen LogP contribution in [0.5, 0.6) is 5.88 Å². The molecule has 0 saturated heterocycles. The molecule has 3 rings (SSSR count). The zero-order valence-electron chi connectivity index (χ0n) is 12.8. The Morgan fingerprint density at radius 1 is 1.20 bits per heavy atom. The van der Waals surface area contributed by atoms with Crippen LogP contribution >= 0.6 is 23.4 Å². The monoisotopic (exact) mass is 376 g/mol. The van der Waals surface area contributed by atoms with E-state index in [0.717, 1.165) is 11.8 Å². The van der Waals surface area contributed by atoms with Crippen LogP contribution in [0, 0.1) is 0 Å². The highest BCUT2D eigenvalue weighted by molar-refractivity contribution is 7.99. The number of halogens is 1. The van der Waals surface area contributed by atoms with Gasteiger partial charge in [-0.15, -0.1) is 0 Å². The third-order valence-electron chi connectivity index (χ3n) is 3.46. The van der Waals surface area contributed by atoms with Crippen LogP contribution in [0.3, 0.4) is 0 Å². The van der Waals surface area contributed by atoms with E-state index in [4.69, 9.17) is 16.7 Å². The number of aromatic hydroxyl groups is 1. The molecule has 25 heavy (non-hydrogen) atoms. The van der Waals surface area contributed by atoms with Crippen LogP contribution in [0.2, 0.25) is 5.02 Å². The number of aromatic nitrogens is 2. The lowest BCUT2D eigenvalue weighted by atomic mass is 10.1. The van der Waals surface area contributed by atoms with E-state index in [9.17, 15) is 14.7 Å². The van der Waals surface area contributed by atoms with E-state index in [0.29, 0.717) is 15.5 Å². The standard InChI is InChI=1S/C17H13ClN2O4S/c18-12-6-1-2-7-13(12)25-14-15(21)19-20(16(14)22)9-10-4-3-5-11(8-10)17(23)24/h1-8,22H,9H2,(H,19,21)(H,23,24). The first kappa shape index (κ1) is 17.2. The molecule has 128 valence electrons. The number of nitrogens with one attached hydrogen (secondary N) is 1. The number of hydrogen-bond acceptors (Lipinski definition) is 4. The van der Waals surface area contributed by atoms with Crippen molar-refractivity contribution < 1.29 is 15.0 Å². The molecule has 0 radical (unpaired) electrons. The Hall–Kier alpha value is -2.64. The van der Waals surface area contributed by atoms with Gasteiger partial charge in [-0.3, -0.25) is 9.89 Å². The molecule has 0 saturated carbocycles. The smallest absolute Gasteiger partial charge is 0.335 e. The molecule has 6 nitrogen and oxygen atoms in total. The summed E-state index contributed by atoms with van der Waals surface area (Å²) in [5, 5.41) is 22.4. The third-order valence-corrected chi connectivity index (χ3v) is 5.05. The maximum absolute atomic E-state index is 12.1. The fraction of sp³-hybridized carbons (Fsp3) is 0.0588. The zero-order chi connectivity index (χ0) is 18.0. The summed E-state index contributed by atoms with van der Waals surface area (Å²) in [6.07, 6.45) is 0. The van der Waals surface area contributed by atoms with E-state index in [2.05, 4.69) is 5.10 Å². The fourth-order valence-corrected chi connectivity index (χ4v) is 3.40. The van der Waals surface area contributed by atoms with Gasteiger partial charge in [0.15, 0.2) is 0 Å². The van der Waals surface area contributed by atoms with Gasteiger partial charge in [0, 0.05) is 4.90 Å². The Bertz CT molecular complexity index is 996. The molecule has 0 bridgehead atoms. The topological polar surface area (TPSA) is 95.3 Å². The number of H-pyrrole nitrogens is 1. The van der Waals surface area contributed by atoms with Crippen molar-refractivity contribution in [2.75, 3.05) is 0 Å². The summed E-state index contributed by atoms with van der Waals surface area (Å²) in [7, 11) is 0. The van der Waals surface area contributed by atoms with Gasteiger partial charge < -0.3 is 10.2 Å². The van der Waals surface area contributed by atoms with Crippen molar-refractivity contribution in [3.63, 3.8) is 0 Å². The Labute approximate surface area is 151 Å². The molecular formula is C17H13ClN2O4S. The van der Waals surface area contributed by atoms with Crippen molar-refractivity contribution in [1.82, 2.24) is 9.78 Å². The highest BCUT2D eigenvalue weighted by Gasteiger charge is 2.17. The largest absolute Gasteiger partial charge is 0.493 e. The van der Waals surface area contributed by atoms with E-state index < -0.39 is 11.5 Å². The van der Waals surface area contributed by atoms with Crippen molar-refractivity contribution in [1.29, 1.82) is 0 Å². The number of hydrogen-bond donors (Lipinski definition) is 3. The third kappa shape index (κ3) is 3.72. The average molecular weight is 377 g/mol. The number of nitrogens with zero attached hydrogens (tertiary/aromatic N) is 1. The average Bonchev–Trinajstić information content (AvgIpc) is 2.84. The molecule has 0 amide bonds. The van der Waals surface area contributed by atoms with Crippen LogP contribution in [0.15, 0.2) is 63.1 Å². The van der Waals surface area contributed by atoms with Crippen LogP contribution in [0.25, 0.3) is 0 Å². The first-order valence-electron chi connectivity index (χ1n) is 7.22. The molecule has 8 heteroatoms. The lowest BCUT2D eigenvalue weighted by molar-refractivity contribution is 0.0696. The van der Waals surface area contributed by atoms with Gasteiger partial charge in [0.1, 0.15) is 4.90 Å². The minimum absolute atomic E-state index is 0.127. The van der Waals surface area contributed by atoms with E-state index >= 15 is 0 Å². The number of rotatable bonds is 5. The summed E-state index contributed by atoms with van der Waals surface area (Å²) < 4.78 is 1.27. The van der Waals surface area contributed by atoms with Crippen molar-refractivity contribution in [3.8, 4) is 5.88 Å². The lowest BCUT2D eigenvalue weighted by Gasteiger charge is -2.06. The molecule has 0 unspecified atom stereocenters. The molecule has 0 spiro atoms. The van der Waals surface area contributed by atoms with E-state index in [1.807, 2.05) is 0 Å². The highest BCUT2D eigenvalue weighted by atomic mass is 35.5. The number of aromatic carboxylic acids is 1. The zero-order valence-corrected chi connectivity index (χ0v) is 14.3. The maximum Gasteiger partial charge on any atom is 0.335 e. The second-order valence-corrected chi connectivity index (χ2v) is 6.68. The molecule has 0 aliphatic carbocycles. The normalized spacial score (nSPS) is 10.8. The van der Waals surface area contributed by atoms with Gasteiger partial charge in [0.2, 0.25) is 5.88 Å². The van der Waals surface area contributed by atoms with Crippen LogP contribution in [0.4, 0.5) is 0 Å². The first-order chi connectivity index (χ1) is 12.0. The summed E-state index contributed by atoms with van der Waals surface area (Å²) in [6, 6.07) is 13.3. The summed E-state index contributed by atoms with van der Waals surface area (Å²) in [4.78, 5) is 24.0. The van der Waals surface area contributed by atoms with Gasteiger partial charge in [-0.1, -0.05) is 47.6 Å². The Kier molecular flexibility index (Phi) is 4.87. The second kappa shape index (κ2) is 7.08.